The van der Waals surface area contributed by atoms with E-state index < -0.39 is 10.0 Å². The number of sulfonamides is 1. The fraction of sp³-hybridized carbons (Fsp3) is 0.500. The largest absolute Gasteiger partial charge is 0.495 e. The van der Waals surface area contributed by atoms with E-state index in [2.05, 4.69) is 0 Å². The van der Waals surface area contributed by atoms with Crippen LogP contribution in [0.2, 0.25) is 10.0 Å². The fourth-order valence-corrected chi connectivity index (χ4v) is 3.51. The molecule has 0 spiro atoms. The summed E-state index contributed by atoms with van der Waals surface area (Å²) in [6, 6.07) is 2.79. The molecule has 0 atom stereocenters. The quantitative estimate of drug-likeness (QED) is 0.726. The summed E-state index contributed by atoms with van der Waals surface area (Å²) in [7, 11) is -2.31. The predicted octanol–water partition coefficient (Wildman–Crippen LogP) is 2.64. The van der Waals surface area contributed by atoms with Crippen molar-refractivity contribution in [3.63, 3.8) is 0 Å². The highest BCUT2D eigenvalue weighted by Gasteiger charge is 2.26. The van der Waals surface area contributed by atoms with Crippen molar-refractivity contribution in [1.29, 1.82) is 0 Å². The van der Waals surface area contributed by atoms with Gasteiger partial charge in [-0.05, 0) is 19.9 Å². The third kappa shape index (κ3) is 4.89. The zero-order chi connectivity index (χ0) is 17.8. The standard InChI is InChI=1S/C14H20Cl2N2O4S/c1-5-17(6-2)14(19)9-18(23(4,20)21)12-8-13(22-3)11(16)7-10(12)15/h7-8H,5-6,9H2,1-4H3. The highest BCUT2D eigenvalue weighted by atomic mass is 35.5. The lowest BCUT2D eigenvalue weighted by atomic mass is 10.3. The van der Waals surface area contributed by atoms with Gasteiger partial charge in [0.05, 0.1) is 29.1 Å². The average Bonchev–Trinajstić information content (AvgIpc) is 2.45. The second kappa shape index (κ2) is 8.08. The fourth-order valence-electron chi connectivity index (χ4n) is 2.05. The Morgan fingerprint density at radius 1 is 1.17 bits per heavy atom. The van der Waals surface area contributed by atoms with E-state index in [0.29, 0.717) is 13.1 Å². The van der Waals surface area contributed by atoms with Gasteiger partial charge in [0.25, 0.3) is 0 Å². The molecule has 0 fully saturated rings. The smallest absolute Gasteiger partial charge is 0.243 e. The van der Waals surface area contributed by atoms with Crippen molar-refractivity contribution < 1.29 is 17.9 Å². The maximum atomic E-state index is 12.3. The van der Waals surface area contributed by atoms with Gasteiger partial charge in [0.1, 0.15) is 12.3 Å². The molecule has 0 unspecified atom stereocenters. The zero-order valence-corrected chi connectivity index (χ0v) is 15.8. The number of benzene rings is 1. The van der Waals surface area contributed by atoms with Gasteiger partial charge in [0.15, 0.2) is 0 Å². The predicted molar refractivity (Wildman–Crippen MR) is 93.1 cm³/mol. The second-order valence-electron chi connectivity index (χ2n) is 4.77. The van der Waals surface area contributed by atoms with Gasteiger partial charge in [-0.15, -0.1) is 0 Å². The molecule has 0 aliphatic heterocycles. The number of rotatable bonds is 7. The molecular formula is C14H20Cl2N2O4S. The van der Waals surface area contributed by atoms with E-state index in [1.807, 2.05) is 13.8 Å². The molecular weight excluding hydrogens is 363 g/mol. The minimum atomic E-state index is -3.72. The van der Waals surface area contributed by atoms with Crippen LogP contribution < -0.4 is 9.04 Å². The van der Waals surface area contributed by atoms with Crippen LogP contribution in [0.3, 0.4) is 0 Å². The summed E-state index contributed by atoms with van der Waals surface area (Å²) in [6.45, 7) is 4.29. The van der Waals surface area contributed by atoms with Crippen LogP contribution in [0.1, 0.15) is 13.8 Å². The number of hydrogen-bond acceptors (Lipinski definition) is 4. The summed E-state index contributed by atoms with van der Waals surface area (Å²) < 4.78 is 30.3. The number of likely N-dealkylation sites (N-methyl/N-ethyl adjacent to an activating group) is 1. The van der Waals surface area contributed by atoms with Crippen molar-refractivity contribution in [2.45, 2.75) is 13.8 Å². The molecule has 1 rings (SSSR count). The summed E-state index contributed by atoms with van der Waals surface area (Å²) in [4.78, 5) is 13.8. The van der Waals surface area contributed by atoms with Crippen molar-refractivity contribution >= 4 is 44.8 Å². The first-order valence-corrected chi connectivity index (χ1v) is 9.54. The van der Waals surface area contributed by atoms with Crippen LogP contribution in [-0.2, 0) is 14.8 Å². The number of ether oxygens (including phenoxy) is 1. The lowest BCUT2D eigenvalue weighted by Gasteiger charge is -2.27. The van der Waals surface area contributed by atoms with Crippen LogP contribution in [0.15, 0.2) is 12.1 Å². The van der Waals surface area contributed by atoms with Gasteiger partial charge in [-0.1, -0.05) is 23.2 Å². The number of halogens is 2. The van der Waals surface area contributed by atoms with Gasteiger partial charge < -0.3 is 9.64 Å². The van der Waals surface area contributed by atoms with E-state index in [0.717, 1.165) is 10.6 Å². The van der Waals surface area contributed by atoms with Crippen LogP contribution >= 0.6 is 23.2 Å². The van der Waals surface area contributed by atoms with Gasteiger partial charge in [-0.2, -0.15) is 0 Å². The van der Waals surface area contributed by atoms with Crippen molar-refractivity contribution in [3.8, 4) is 5.75 Å². The molecule has 0 aliphatic carbocycles. The number of anilines is 1. The molecule has 0 N–H and O–H groups in total. The molecule has 6 nitrogen and oxygen atoms in total. The molecule has 0 bridgehead atoms. The van der Waals surface area contributed by atoms with Crippen molar-refractivity contribution in [2.24, 2.45) is 0 Å². The Bertz CT molecular complexity index is 676. The van der Waals surface area contributed by atoms with Crippen LogP contribution in [0.25, 0.3) is 0 Å². The first-order chi connectivity index (χ1) is 10.6. The van der Waals surface area contributed by atoms with E-state index in [1.54, 1.807) is 4.90 Å². The molecule has 23 heavy (non-hydrogen) atoms. The molecule has 1 aromatic carbocycles. The average molecular weight is 383 g/mol. The Labute approximate surface area is 147 Å². The number of hydrogen-bond donors (Lipinski definition) is 0. The normalized spacial score (nSPS) is 11.2. The summed E-state index contributed by atoms with van der Waals surface area (Å²) >= 11 is 12.1. The van der Waals surface area contributed by atoms with Crippen LogP contribution in [0.4, 0.5) is 5.69 Å². The number of carbonyl (C=O) groups is 1. The number of nitrogens with zero attached hydrogens (tertiary/aromatic N) is 2. The van der Waals surface area contributed by atoms with E-state index in [4.69, 9.17) is 27.9 Å². The topological polar surface area (TPSA) is 66.9 Å². The Morgan fingerprint density at radius 2 is 1.74 bits per heavy atom. The molecule has 9 heteroatoms. The maximum absolute atomic E-state index is 12.3. The first kappa shape index (κ1) is 19.9. The number of methoxy groups -OCH3 is 1. The third-order valence-corrected chi connectivity index (χ3v) is 5.01. The Hall–Kier alpha value is -1.18. The molecule has 1 amide bonds. The molecule has 1 aromatic rings. The molecule has 130 valence electrons. The zero-order valence-electron chi connectivity index (χ0n) is 13.5. The number of amides is 1. The SMILES string of the molecule is CCN(CC)C(=O)CN(c1cc(OC)c(Cl)cc1Cl)S(C)(=O)=O. The van der Waals surface area contributed by atoms with Gasteiger partial charge in [-0.3, -0.25) is 9.10 Å². The molecule has 0 aromatic heterocycles. The van der Waals surface area contributed by atoms with E-state index in [1.165, 1.54) is 19.2 Å². The van der Waals surface area contributed by atoms with E-state index in [9.17, 15) is 13.2 Å². The number of carbonyl (C=O) groups excluding carboxylic acids is 1. The first-order valence-electron chi connectivity index (χ1n) is 6.94. The lowest BCUT2D eigenvalue weighted by molar-refractivity contribution is -0.129. The van der Waals surface area contributed by atoms with Crippen LogP contribution in [0, 0.1) is 0 Å². The summed E-state index contributed by atoms with van der Waals surface area (Å²) in [5, 5.41) is 0.373. The minimum Gasteiger partial charge on any atom is -0.495 e. The Kier molecular flexibility index (Phi) is 6.98. The van der Waals surface area contributed by atoms with E-state index >= 15 is 0 Å². The van der Waals surface area contributed by atoms with E-state index in [-0.39, 0.29) is 33.9 Å². The third-order valence-electron chi connectivity index (χ3n) is 3.29. The molecule has 0 saturated heterocycles. The van der Waals surface area contributed by atoms with Crippen LogP contribution in [-0.4, -0.2) is 52.2 Å². The molecule has 0 saturated carbocycles. The Balaban J connectivity index is 3.32. The van der Waals surface area contributed by atoms with Gasteiger partial charge in [0.2, 0.25) is 15.9 Å². The van der Waals surface area contributed by atoms with Gasteiger partial charge in [0, 0.05) is 19.2 Å². The molecule has 0 aliphatic rings. The minimum absolute atomic E-state index is 0.119. The van der Waals surface area contributed by atoms with Gasteiger partial charge in [-0.25, -0.2) is 8.42 Å². The van der Waals surface area contributed by atoms with Crippen molar-refractivity contribution in [3.05, 3.63) is 22.2 Å². The second-order valence-corrected chi connectivity index (χ2v) is 7.50. The highest BCUT2D eigenvalue weighted by Crippen LogP contribution is 2.37. The monoisotopic (exact) mass is 382 g/mol. The lowest BCUT2D eigenvalue weighted by Crippen LogP contribution is -2.42. The van der Waals surface area contributed by atoms with Crippen LogP contribution in [0.5, 0.6) is 5.75 Å². The van der Waals surface area contributed by atoms with Gasteiger partial charge >= 0.3 is 0 Å². The molecule has 0 radical (unpaired) electrons. The summed E-state index contributed by atoms with van der Waals surface area (Å²) in [6.07, 6.45) is 1.01. The summed E-state index contributed by atoms with van der Waals surface area (Å²) in [5.41, 5.74) is 0.149. The summed E-state index contributed by atoms with van der Waals surface area (Å²) in [5.74, 6) is -0.0413. The Morgan fingerprint density at radius 3 is 2.17 bits per heavy atom. The van der Waals surface area contributed by atoms with Crippen molar-refractivity contribution in [2.75, 3.05) is 37.3 Å². The maximum Gasteiger partial charge on any atom is 0.243 e. The highest BCUT2D eigenvalue weighted by molar-refractivity contribution is 7.92. The molecule has 0 heterocycles. The van der Waals surface area contributed by atoms with Crippen molar-refractivity contribution in [1.82, 2.24) is 4.90 Å².